The first-order valence-electron chi connectivity index (χ1n) is 7.28. The minimum atomic E-state index is -3.46. The zero-order valence-corrected chi connectivity index (χ0v) is 14.3. The van der Waals surface area contributed by atoms with Crippen LogP contribution >= 0.6 is 0 Å². The van der Waals surface area contributed by atoms with Gasteiger partial charge in [0.2, 0.25) is 15.9 Å². The van der Waals surface area contributed by atoms with E-state index in [9.17, 15) is 13.2 Å². The molecule has 124 valence electrons. The van der Waals surface area contributed by atoms with Crippen LogP contribution in [0.3, 0.4) is 0 Å². The number of hydrogen-bond acceptors (Lipinski definition) is 4. The van der Waals surface area contributed by atoms with Crippen molar-refractivity contribution in [1.29, 1.82) is 0 Å². The van der Waals surface area contributed by atoms with E-state index >= 15 is 0 Å². The lowest BCUT2D eigenvalue weighted by atomic mass is 10.2. The highest BCUT2D eigenvalue weighted by molar-refractivity contribution is 7.89. The van der Waals surface area contributed by atoms with E-state index in [0.717, 1.165) is 5.56 Å². The lowest BCUT2D eigenvalue weighted by Crippen LogP contribution is -2.31. The number of rotatable bonds is 8. The molecule has 1 rings (SSSR count). The van der Waals surface area contributed by atoms with Gasteiger partial charge in [0, 0.05) is 12.5 Å². The Morgan fingerprint density at radius 1 is 1.32 bits per heavy atom. The second kappa shape index (κ2) is 8.14. The van der Waals surface area contributed by atoms with Crippen LogP contribution in [0, 0.1) is 12.8 Å². The van der Waals surface area contributed by atoms with Crippen LogP contribution in [0.4, 0.5) is 0 Å². The molecule has 1 amide bonds. The van der Waals surface area contributed by atoms with Crippen LogP contribution in [-0.4, -0.2) is 34.0 Å². The van der Waals surface area contributed by atoms with E-state index in [0.29, 0.717) is 25.4 Å². The molecule has 0 unspecified atom stereocenters. The van der Waals surface area contributed by atoms with Crippen molar-refractivity contribution in [2.75, 3.05) is 19.7 Å². The van der Waals surface area contributed by atoms with Gasteiger partial charge < -0.3 is 10.1 Å². The lowest BCUT2D eigenvalue weighted by Gasteiger charge is -2.12. The molecule has 0 radical (unpaired) electrons. The van der Waals surface area contributed by atoms with E-state index in [4.69, 9.17) is 4.74 Å². The fourth-order valence-electron chi connectivity index (χ4n) is 1.76. The third kappa shape index (κ3) is 5.31. The van der Waals surface area contributed by atoms with E-state index in [-0.39, 0.29) is 16.7 Å². The molecule has 1 aromatic carbocycles. The van der Waals surface area contributed by atoms with Crippen LogP contribution in [0.25, 0.3) is 0 Å². The predicted molar refractivity (Wildman–Crippen MR) is 85.4 cm³/mol. The van der Waals surface area contributed by atoms with Crippen molar-refractivity contribution >= 4 is 15.9 Å². The third-order valence-electron chi connectivity index (χ3n) is 2.97. The van der Waals surface area contributed by atoms with Crippen LogP contribution in [0.15, 0.2) is 23.1 Å². The first-order valence-corrected chi connectivity index (χ1v) is 8.77. The lowest BCUT2D eigenvalue weighted by molar-refractivity contribution is -0.124. The number of hydrogen-bond donors (Lipinski definition) is 2. The van der Waals surface area contributed by atoms with Gasteiger partial charge in [-0.05, 0) is 30.7 Å². The monoisotopic (exact) mass is 328 g/mol. The maximum atomic E-state index is 11.9. The molecule has 0 heterocycles. The van der Waals surface area contributed by atoms with Crippen LogP contribution in [0.2, 0.25) is 0 Å². The van der Waals surface area contributed by atoms with E-state index in [1.54, 1.807) is 26.0 Å². The highest BCUT2D eigenvalue weighted by atomic mass is 32.2. The molecular weight excluding hydrogens is 304 g/mol. The maximum Gasteiger partial charge on any atom is 0.240 e. The number of carbonyl (C=O) groups is 1. The van der Waals surface area contributed by atoms with Gasteiger partial charge in [-0.25, -0.2) is 13.1 Å². The van der Waals surface area contributed by atoms with Crippen LogP contribution < -0.4 is 14.8 Å². The minimum Gasteiger partial charge on any atom is -0.491 e. The molecule has 0 aliphatic heterocycles. The molecular formula is C15H24N2O4S. The molecule has 0 saturated carbocycles. The summed E-state index contributed by atoms with van der Waals surface area (Å²) in [6.45, 7) is 8.25. The Labute approximate surface area is 132 Å². The van der Waals surface area contributed by atoms with Gasteiger partial charge in [0.15, 0.2) is 0 Å². The predicted octanol–water partition coefficient (Wildman–Crippen LogP) is 1.44. The molecule has 1 aromatic rings. The van der Waals surface area contributed by atoms with E-state index in [1.807, 2.05) is 13.8 Å². The summed E-state index contributed by atoms with van der Waals surface area (Å²) in [6.07, 6.45) is 0. The quantitative estimate of drug-likeness (QED) is 0.707. The average Bonchev–Trinajstić information content (AvgIpc) is 2.44. The van der Waals surface area contributed by atoms with Crippen molar-refractivity contribution in [1.82, 2.24) is 10.0 Å². The smallest absolute Gasteiger partial charge is 0.240 e. The van der Waals surface area contributed by atoms with Crippen molar-refractivity contribution in [3.63, 3.8) is 0 Å². The number of carbonyl (C=O) groups excluding carboxylic acids is 1. The summed E-state index contributed by atoms with van der Waals surface area (Å²) in [5.74, 6) is 0.527. The van der Waals surface area contributed by atoms with Gasteiger partial charge in [-0.2, -0.15) is 0 Å². The number of nitrogens with one attached hydrogen (secondary N) is 2. The van der Waals surface area contributed by atoms with Gasteiger partial charge in [0.05, 0.1) is 11.4 Å². The Bertz CT molecular complexity index is 612. The van der Waals surface area contributed by atoms with Crippen molar-refractivity contribution in [3.8, 4) is 5.75 Å². The Hall–Kier alpha value is -1.60. The Morgan fingerprint density at radius 3 is 2.55 bits per heavy atom. The number of benzene rings is 1. The fourth-order valence-corrected chi connectivity index (χ4v) is 2.89. The summed E-state index contributed by atoms with van der Waals surface area (Å²) >= 11 is 0. The van der Waals surface area contributed by atoms with Gasteiger partial charge in [-0.3, -0.25) is 4.79 Å². The zero-order chi connectivity index (χ0) is 16.8. The summed E-state index contributed by atoms with van der Waals surface area (Å²) in [7, 11) is -3.46. The molecule has 0 aliphatic carbocycles. The first kappa shape index (κ1) is 18.4. The third-order valence-corrected chi connectivity index (χ3v) is 4.52. The largest absolute Gasteiger partial charge is 0.491 e. The van der Waals surface area contributed by atoms with Gasteiger partial charge >= 0.3 is 0 Å². The van der Waals surface area contributed by atoms with E-state index < -0.39 is 10.0 Å². The molecule has 2 N–H and O–H groups in total. The average molecular weight is 328 g/mol. The van der Waals surface area contributed by atoms with E-state index in [2.05, 4.69) is 10.0 Å². The summed E-state index contributed by atoms with van der Waals surface area (Å²) in [6, 6.07) is 4.71. The van der Waals surface area contributed by atoms with Gasteiger partial charge in [-0.1, -0.05) is 20.8 Å². The highest BCUT2D eigenvalue weighted by Gasteiger charge is 2.14. The molecule has 0 atom stereocenters. The van der Waals surface area contributed by atoms with Crippen molar-refractivity contribution < 1.29 is 17.9 Å². The highest BCUT2D eigenvalue weighted by Crippen LogP contribution is 2.21. The number of sulfonamides is 1. The Balaban J connectivity index is 2.62. The summed E-state index contributed by atoms with van der Waals surface area (Å²) in [5, 5.41) is 2.75. The second-order valence-corrected chi connectivity index (χ2v) is 6.99. The topological polar surface area (TPSA) is 84.5 Å². The molecule has 6 nitrogen and oxygen atoms in total. The minimum absolute atomic E-state index is 0.0209. The molecule has 0 aliphatic rings. The Morgan fingerprint density at radius 2 is 2.00 bits per heavy atom. The fraction of sp³-hybridized carbons (Fsp3) is 0.533. The van der Waals surface area contributed by atoms with Gasteiger partial charge in [0.1, 0.15) is 12.4 Å². The number of ether oxygens (including phenoxy) is 1. The zero-order valence-electron chi connectivity index (χ0n) is 13.5. The SMILES string of the molecule is CCNS(=O)(=O)c1ccc(OCCNC(=O)C(C)C)c(C)c1. The molecule has 7 heteroatoms. The number of aryl methyl sites for hydroxylation is 1. The molecule has 0 spiro atoms. The molecule has 0 saturated heterocycles. The van der Waals surface area contributed by atoms with E-state index in [1.165, 1.54) is 6.07 Å². The molecule has 0 aromatic heterocycles. The van der Waals surface area contributed by atoms with Gasteiger partial charge in [-0.15, -0.1) is 0 Å². The number of amides is 1. The molecule has 0 fully saturated rings. The molecule has 0 bridgehead atoms. The van der Waals surface area contributed by atoms with Gasteiger partial charge in [0.25, 0.3) is 0 Å². The second-order valence-electron chi connectivity index (χ2n) is 5.22. The summed E-state index contributed by atoms with van der Waals surface area (Å²) in [4.78, 5) is 11.6. The van der Waals surface area contributed by atoms with Crippen molar-refractivity contribution in [2.45, 2.75) is 32.6 Å². The standard InChI is InChI=1S/C15H24N2O4S/c1-5-17-22(19,20)13-6-7-14(12(4)10-13)21-9-8-16-15(18)11(2)3/h6-7,10-11,17H,5,8-9H2,1-4H3,(H,16,18). The first-order chi connectivity index (χ1) is 10.3. The van der Waals surface area contributed by atoms with Crippen molar-refractivity contribution in [2.24, 2.45) is 5.92 Å². The Kier molecular flexibility index (Phi) is 6.83. The van der Waals surface area contributed by atoms with Crippen LogP contribution in [-0.2, 0) is 14.8 Å². The normalized spacial score (nSPS) is 11.5. The van der Waals surface area contributed by atoms with Crippen molar-refractivity contribution in [3.05, 3.63) is 23.8 Å². The summed E-state index contributed by atoms with van der Waals surface area (Å²) in [5.41, 5.74) is 0.731. The maximum absolute atomic E-state index is 11.9. The van der Waals surface area contributed by atoms with Crippen LogP contribution in [0.5, 0.6) is 5.75 Å². The molecule has 22 heavy (non-hydrogen) atoms. The van der Waals surface area contributed by atoms with Crippen LogP contribution in [0.1, 0.15) is 26.3 Å². The summed E-state index contributed by atoms with van der Waals surface area (Å²) < 4.78 is 31.8.